The highest BCUT2D eigenvalue weighted by Gasteiger charge is 2.17. The fourth-order valence-electron chi connectivity index (χ4n) is 1.41. The first-order valence-corrected chi connectivity index (χ1v) is 5.84. The SMILES string of the molecule is CCCNc1nccn1CC(C)(C)CC. The molecular formula is C12H23N3. The van der Waals surface area contributed by atoms with Gasteiger partial charge in [0.15, 0.2) is 0 Å². The Morgan fingerprint density at radius 1 is 1.40 bits per heavy atom. The number of rotatable bonds is 6. The van der Waals surface area contributed by atoms with Gasteiger partial charge in [-0.05, 0) is 18.3 Å². The van der Waals surface area contributed by atoms with Crippen LogP contribution in [0.2, 0.25) is 0 Å². The maximum atomic E-state index is 4.32. The quantitative estimate of drug-likeness (QED) is 0.780. The molecule has 0 atom stereocenters. The van der Waals surface area contributed by atoms with Crippen LogP contribution < -0.4 is 5.32 Å². The summed E-state index contributed by atoms with van der Waals surface area (Å²) in [5.41, 5.74) is 0.337. The second kappa shape index (κ2) is 5.19. The van der Waals surface area contributed by atoms with Crippen molar-refractivity contribution >= 4 is 5.95 Å². The van der Waals surface area contributed by atoms with Crippen LogP contribution in [0, 0.1) is 5.41 Å². The molecule has 15 heavy (non-hydrogen) atoms. The minimum absolute atomic E-state index is 0.337. The van der Waals surface area contributed by atoms with Gasteiger partial charge in [0, 0.05) is 25.5 Å². The van der Waals surface area contributed by atoms with Gasteiger partial charge in [0.25, 0.3) is 0 Å². The van der Waals surface area contributed by atoms with Crippen LogP contribution in [0.3, 0.4) is 0 Å². The molecule has 0 aromatic carbocycles. The van der Waals surface area contributed by atoms with Crippen molar-refractivity contribution in [3.8, 4) is 0 Å². The molecule has 3 nitrogen and oxygen atoms in total. The van der Waals surface area contributed by atoms with Gasteiger partial charge in [0.2, 0.25) is 5.95 Å². The predicted octanol–water partition coefficient (Wildman–Crippen LogP) is 3.14. The molecule has 3 heteroatoms. The molecule has 1 aromatic rings. The normalized spacial score (nSPS) is 11.7. The Bertz CT molecular complexity index is 289. The van der Waals surface area contributed by atoms with E-state index < -0.39 is 0 Å². The second-order valence-electron chi connectivity index (χ2n) is 4.82. The molecule has 0 spiro atoms. The molecule has 1 aromatic heterocycles. The van der Waals surface area contributed by atoms with Crippen molar-refractivity contribution in [3.63, 3.8) is 0 Å². The van der Waals surface area contributed by atoms with Crippen molar-refractivity contribution < 1.29 is 0 Å². The molecule has 0 unspecified atom stereocenters. The zero-order chi connectivity index (χ0) is 11.3. The van der Waals surface area contributed by atoms with Crippen molar-refractivity contribution in [1.82, 2.24) is 9.55 Å². The van der Waals surface area contributed by atoms with Gasteiger partial charge in [-0.1, -0.05) is 27.7 Å². The Morgan fingerprint density at radius 2 is 2.13 bits per heavy atom. The van der Waals surface area contributed by atoms with E-state index in [9.17, 15) is 0 Å². The average Bonchev–Trinajstić information content (AvgIpc) is 2.62. The van der Waals surface area contributed by atoms with Crippen molar-refractivity contribution in [3.05, 3.63) is 12.4 Å². The standard InChI is InChI=1S/C12H23N3/c1-5-7-13-11-14-8-9-15(11)10-12(3,4)6-2/h8-9H,5-7,10H2,1-4H3,(H,13,14). The molecule has 0 aliphatic carbocycles. The van der Waals surface area contributed by atoms with Gasteiger partial charge in [-0.15, -0.1) is 0 Å². The zero-order valence-electron chi connectivity index (χ0n) is 10.4. The van der Waals surface area contributed by atoms with E-state index in [0.29, 0.717) is 5.41 Å². The van der Waals surface area contributed by atoms with Gasteiger partial charge in [0.1, 0.15) is 0 Å². The molecule has 0 saturated carbocycles. The number of hydrogen-bond donors (Lipinski definition) is 1. The van der Waals surface area contributed by atoms with E-state index in [-0.39, 0.29) is 0 Å². The Kier molecular flexibility index (Phi) is 4.18. The van der Waals surface area contributed by atoms with Gasteiger partial charge < -0.3 is 9.88 Å². The van der Waals surface area contributed by atoms with E-state index in [1.807, 2.05) is 6.20 Å². The summed E-state index contributed by atoms with van der Waals surface area (Å²) in [5.74, 6) is 0.998. The summed E-state index contributed by atoms with van der Waals surface area (Å²) in [6.45, 7) is 11.0. The molecule has 0 amide bonds. The topological polar surface area (TPSA) is 29.9 Å². The van der Waals surface area contributed by atoms with E-state index in [1.54, 1.807) is 0 Å². The highest BCUT2D eigenvalue weighted by Crippen LogP contribution is 2.23. The first-order chi connectivity index (χ1) is 7.09. The van der Waals surface area contributed by atoms with Crippen LogP contribution in [-0.2, 0) is 6.54 Å². The van der Waals surface area contributed by atoms with E-state index >= 15 is 0 Å². The van der Waals surface area contributed by atoms with Crippen LogP contribution in [-0.4, -0.2) is 16.1 Å². The van der Waals surface area contributed by atoms with Gasteiger partial charge in [-0.25, -0.2) is 4.98 Å². The highest BCUT2D eigenvalue weighted by atomic mass is 15.2. The molecule has 1 rings (SSSR count). The molecule has 0 fully saturated rings. The van der Waals surface area contributed by atoms with E-state index in [0.717, 1.165) is 25.5 Å². The predicted molar refractivity (Wildman–Crippen MR) is 65.1 cm³/mol. The zero-order valence-corrected chi connectivity index (χ0v) is 10.4. The molecule has 0 radical (unpaired) electrons. The first kappa shape index (κ1) is 12.1. The summed E-state index contributed by atoms with van der Waals surface area (Å²) in [6, 6.07) is 0. The molecule has 86 valence electrons. The lowest BCUT2D eigenvalue weighted by Crippen LogP contribution is -2.20. The van der Waals surface area contributed by atoms with Gasteiger partial charge in [-0.3, -0.25) is 0 Å². The molecular weight excluding hydrogens is 186 g/mol. The summed E-state index contributed by atoms with van der Waals surface area (Å²) in [6.07, 6.45) is 6.22. The Morgan fingerprint density at radius 3 is 2.73 bits per heavy atom. The molecule has 0 bridgehead atoms. The first-order valence-electron chi connectivity index (χ1n) is 5.84. The average molecular weight is 209 g/mol. The third-order valence-electron chi connectivity index (χ3n) is 2.80. The molecule has 0 saturated heterocycles. The van der Waals surface area contributed by atoms with E-state index in [4.69, 9.17) is 0 Å². The maximum absolute atomic E-state index is 4.32. The fraction of sp³-hybridized carbons (Fsp3) is 0.750. The number of aromatic nitrogens is 2. The van der Waals surface area contributed by atoms with Crippen LogP contribution in [0.5, 0.6) is 0 Å². The number of anilines is 1. The largest absolute Gasteiger partial charge is 0.356 e. The minimum Gasteiger partial charge on any atom is -0.356 e. The van der Waals surface area contributed by atoms with Gasteiger partial charge >= 0.3 is 0 Å². The van der Waals surface area contributed by atoms with E-state index in [2.05, 4.69) is 48.8 Å². The van der Waals surface area contributed by atoms with Gasteiger partial charge in [0.05, 0.1) is 0 Å². The summed E-state index contributed by atoms with van der Waals surface area (Å²) in [5, 5.41) is 3.34. The van der Waals surface area contributed by atoms with Gasteiger partial charge in [-0.2, -0.15) is 0 Å². The van der Waals surface area contributed by atoms with Crippen LogP contribution in [0.1, 0.15) is 40.5 Å². The Balaban J connectivity index is 2.64. The fourth-order valence-corrected chi connectivity index (χ4v) is 1.41. The third-order valence-corrected chi connectivity index (χ3v) is 2.80. The van der Waals surface area contributed by atoms with Crippen molar-refractivity contribution in [2.24, 2.45) is 5.41 Å². The molecule has 0 aliphatic rings. The van der Waals surface area contributed by atoms with Crippen LogP contribution >= 0.6 is 0 Å². The van der Waals surface area contributed by atoms with Crippen molar-refractivity contribution in [2.75, 3.05) is 11.9 Å². The second-order valence-corrected chi connectivity index (χ2v) is 4.82. The van der Waals surface area contributed by atoms with Crippen LogP contribution in [0.4, 0.5) is 5.95 Å². The summed E-state index contributed by atoms with van der Waals surface area (Å²) in [7, 11) is 0. The lowest BCUT2D eigenvalue weighted by atomic mass is 9.90. The summed E-state index contributed by atoms with van der Waals surface area (Å²) >= 11 is 0. The monoisotopic (exact) mass is 209 g/mol. The van der Waals surface area contributed by atoms with Crippen molar-refractivity contribution in [1.29, 1.82) is 0 Å². The molecule has 1 N–H and O–H groups in total. The van der Waals surface area contributed by atoms with E-state index in [1.165, 1.54) is 6.42 Å². The number of nitrogens with zero attached hydrogens (tertiary/aromatic N) is 2. The van der Waals surface area contributed by atoms with Crippen molar-refractivity contribution in [2.45, 2.75) is 47.1 Å². The highest BCUT2D eigenvalue weighted by molar-refractivity contribution is 5.25. The van der Waals surface area contributed by atoms with Crippen LogP contribution in [0.25, 0.3) is 0 Å². The molecule has 1 heterocycles. The van der Waals surface area contributed by atoms with Crippen LogP contribution in [0.15, 0.2) is 12.4 Å². The number of hydrogen-bond acceptors (Lipinski definition) is 2. The summed E-state index contributed by atoms with van der Waals surface area (Å²) < 4.78 is 2.21. The Labute approximate surface area is 92.9 Å². The third kappa shape index (κ3) is 3.57. The summed E-state index contributed by atoms with van der Waals surface area (Å²) in [4.78, 5) is 4.32. The Hall–Kier alpha value is -0.990. The number of nitrogens with one attached hydrogen (secondary N) is 1. The smallest absolute Gasteiger partial charge is 0.202 e. The lowest BCUT2D eigenvalue weighted by molar-refractivity contribution is 0.296. The molecule has 0 aliphatic heterocycles. The number of imidazole rings is 1. The minimum atomic E-state index is 0.337. The lowest BCUT2D eigenvalue weighted by Gasteiger charge is -2.24. The maximum Gasteiger partial charge on any atom is 0.202 e.